The number of aliphatic hydroxyl groups is 1. The summed E-state index contributed by atoms with van der Waals surface area (Å²) >= 11 is 0. The largest absolute Gasteiger partial charge is 0.472 e. The van der Waals surface area contributed by atoms with E-state index in [-0.39, 0.29) is 25.7 Å². The maximum Gasteiger partial charge on any atom is 0.472 e. The van der Waals surface area contributed by atoms with Gasteiger partial charge in [-0.2, -0.15) is 0 Å². The van der Waals surface area contributed by atoms with E-state index in [1.165, 1.54) is 109 Å². The second kappa shape index (κ2) is 79.1. The second-order valence-electron chi connectivity index (χ2n) is 28.4. The van der Waals surface area contributed by atoms with E-state index in [0.717, 1.165) is 186 Å². The maximum absolute atomic E-state index is 13.1. The number of hydrogen-bond donors (Lipinski definition) is 3. The van der Waals surface area contributed by atoms with E-state index in [1.54, 1.807) is 0 Å². The summed E-state index contributed by atoms with van der Waals surface area (Å²) in [6.07, 6.45) is 85.1. The highest BCUT2D eigenvalue weighted by atomic mass is 31.2. The first kappa shape index (κ1) is 102. The normalized spacial score (nSPS) is 14.3. The lowest BCUT2D eigenvalue weighted by Gasteiger charge is -2.21. The number of phosphoric ester groups is 2. The van der Waals surface area contributed by atoms with Gasteiger partial charge < -0.3 is 33.8 Å². The first-order chi connectivity index (χ1) is 51.7. The van der Waals surface area contributed by atoms with Gasteiger partial charge in [0.05, 0.1) is 26.4 Å². The number of rotatable bonds is 80. The van der Waals surface area contributed by atoms with Gasteiger partial charge in [-0.25, -0.2) is 9.13 Å². The van der Waals surface area contributed by atoms with Crippen LogP contribution in [0, 0.1) is 0 Å². The van der Waals surface area contributed by atoms with Crippen LogP contribution in [-0.2, 0) is 65.4 Å². The highest BCUT2D eigenvalue weighted by molar-refractivity contribution is 7.47. The Kier molecular flexibility index (Phi) is 76.1. The summed E-state index contributed by atoms with van der Waals surface area (Å²) in [6, 6.07) is 0. The molecule has 0 saturated heterocycles. The lowest BCUT2D eigenvalue weighted by atomic mass is 10.0. The Bertz CT molecular complexity index is 2380. The monoisotopic (exact) mass is 1530 g/mol. The molecule has 5 atom stereocenters. The third kappa shape index (κ3) is 78.1. The quantitative estimate of drug-likeness (QED) is 0.0169. The van der Waals surface area contributed by atoms with Crippen LogP contribution in [0.4, 0.5) is 0 Å². The van der Waals surface area contributed by atoms with Crippen molar-refractivity contribution in [3.05, 3.63) is 97.2 Å². The van der Waals surface area contributed by atoms with Gasteiger partial charge in [-0.05, 0) is 128 Å². The molecule has 17 nitrogen and oxygen atoms in total. The molecular formula is C87H154O17P2. The van der Waals surface area contributed by atoms with Gasteiger partial charge in [0.1, 0.15) is 19.3 Å². The van der Waals surface area contributed by atoms with Crippen molar-refractivity contribution in [2.24, 2.45) is 0 Å². The first-order valence-corrected chi connectivity index (χ1v) is 45.5. The summed E-state index contributed by atoms with van der Waals surface area (Å²) < 4.78 is 68.8. The molecule has 0 heterocycles. The van der Waals surface area contributed by atoms with Crippen LogP contribution in [0.2, 0.25) is 0 Å². The predicted molar refractivity (Wildman–Crippen MR) is 436 cm³/mol. The highest BCUT2D eigenvalue weighted by Crippen LogP contribution is 2.45. The van der Waals surface area contributed by atoms with Gasteiger partial charge in [-0.3, -0.25) is 37.3 Å². The van der Waals surface area contributed by atoms with Crippen LogP contribution in [-0.4, -0.2) is 96.7 Å². The Morgan fingerprint density at radius 2 is 0.491 bits per heavy atom. The summed E-state index contributed by atoms with van der Waals surface area (Å²) in [5, 5.41) is 10.7. The van der Waals surface area contributed by atoms with Gasteiger partial charge in [0.2, 0.25) is 0 Å². The van der Waals surface area contributed by atoms with Crippen LogP contribution >= 0.6 is 15.6 Å². The van der Waals surface area contributed by atoms with Crippen molar-refractivity contribution in [2.75, 3.05) is 39.6 Å². The number of aliphatic hydroxyl groups excluding tert-OH is 1. The minimum absolute atomic E-state index is 0.0827. The Balaban J connectivity index is 5.35. The summed E-state index contributed by atoms with van der Waals surface area (Å²) in [6.45, 7) is 4.76. The Hall–Kier alpha value is -4.02. The van der Waals surface area contributed by atoms with E-state index >= 15 is 0 Å². The smallest absolute Gasteiger partial charge is 0.462 e. The maximum atomic E-state index is 13.1. The average molecular weight is 1530 g/mol. The molecule has 0 rings (SSSR count). The van der Waals surface area contributed by atoms with Crippen molar-refractivity contribution in [1.82, 2.24) is 0 Å². The Morgan fingerprint density at radius 1 is 0.274 bits per heavy atom. The van der Waals surface area contributed by atoms with Crippen LogP contribution in [0.15, 0.2) is 97.2 Å². The molecule has 0 spiro atoms. The molecule has 0 aromatic carbocycles. The third-order valence-corrected chi connectivity index (χ3v) is 19.9. The molecule has 614 valence electrons. The van der Waals surface area contributed by atoms with E-state index in [1.807, 2.05) is 0 Å². The van der Waals surface area contributed by atoms with Crippen molar-refractivity contribution in [3.8, 4) is 0 Å². The van der Waals surface area contributed by atoms with Crippen LogP contribution in [0.5, 0.6) is 0 Å². The van der Waals surface area contributed by atoms with E-state index in [9.17, 15) is 43.2 Å². The van der Waals surface area contributed by atoms with E-state index in [2.05, 4.69) is 125 Å². The zero-order valence-corrected chi connectivity index (χ0v) is 69.1. The molecule has 0 aromatic heterocycles. The molecule has 0 aliphatic rings. The fourth-order valence-corrected chi connectivity index (χ4v) is 13.1. The summed E-state index contributed by atoms with van der Waals surface area (Å²) in [7, 11) is -9.96. The summed E-state index contributed by atoms with van der Waals surface area (Å²) in [5.41, 5.74) is 0. The molecule has 0 amide bonds. The van der Waals surface area contributed by atoms with Crippen molar-refractivity contribution in [2.45, 2.75) is 393 Å². The molecule has 5 unspecified atom stereocenters. The van der Waals surface area contributed by atoms with Gasteiger partial charge in [0.25, 0.3) is 0 Å². The Morgan fingerprint density at radius 3 is 0.783 bits per heavy atom. The van der Waals surface area contributed by atoms with Crippen LogP contribution in [0.3, 0.4) is 0 Å². The molecule has 0 saturated carbocycles. The number of hydrogen-bond acceptors (Lipinski definition) is 15. The fourth-order valence-electron chi connectivity index (χ4n) is 11.6. The van der Waals surface area contributed by atoms with E-state index in [0.29, 0.717) is 25.7 Å². The molecule has 0 aromatic rings. The van der Waals surface area contributed by atoms with Gasteiger partial charge in [-0.15, -0.1) is 0 Å². The van der Waals surface area contributed by atoms with E-state index in [4.69, 9.17) is 37.0 Å². The topological polar surface area (TPSA) is 237 Å². The molecule has 0 fully saturated rings. The molecule has 3 N–H and O–H groups in total. The van der Waals surface area contributed by atoms with Crippen LogP contribution < -0.4 is 0 Å². The van der Waals surface area contributed by atoms with Gasteiger partial charge in [-0.1, -0.05) is 318 Å². The molecule has 0 bridgehead atoms. The average Bonchev–Trinajstić information content (AvgIpc) is 0.933. The molecule has 0 radical (unpaired) electrons. The zero-order valence-electron chi connectivity index (χ0n) is 67.3. The van der Waals surface area contributed by atoms with Crippen molar-refractivity contribution >= 4 is 39.5 Å². The van der Waals surface area contributed by atoms with Crippen molar-refractivity contribution in [3.63, 3.8) is 0 Å². The second-order valence-corrected chi connectivity index (χ2v) is 31.3. The van der Waals surface area contributed by atoms with Crippen molar-refractivity contribution < 1.29 is 80.2 Å². The number of phosphoric acid groups is 2. The fraction of sp³-hybridized carbons (Fsp3) is 0.770. The third-order valence-electron chi connectivity index (χ3n) is 18.0. The number of ether oxygens (including phenoxy) is 4. The molecule has 0 aliphatic carbocycles. The van der Waals surface area contributed by atoms with Gasteiger partial charge >= 0.3 is 39.5 Å². The number of esters is 4. The number of carbonyl (C=O) groups is 4. The van der Waals surface area contributed by atoms with Crippen molar-refractivity contribution in [1.29, 1.82) is 0 Å². The Labute approximate surface area is 646 Å². The molecule has 106 heavy (non-hydrogen) atoms. The predicted octanol–water partition coefficient (Wildman–Crippen LogP) is 25.1. The standard InChI is InChI=1S/C87H154O17P2/c1-5-9-13-17-21-25-29-33-36-38-40-42-45-48-51-55-59-63-67-71-84(89)97-77-82(103-86(91)73-69-65-61-57-53-47-32-28-24-20-16-12-8-4)79-101-105(93,94)99-75-81(88)76-100-106(95,96)102-80-83(104-87(92)74-70-66-62-58-54-50-44-35-31-27-23-19-15-11-7-3)78-98-85(90)72-68-64-60-56-52-49-46-43-41-39-37-34-30-26-22-18-14-10-6-2/h10,14,21-22,25-26,33-37,40-44,81-83,88H,5-9,11-13,15-20,23-24,27-32,38-39,45-80H2,1-4H3,(H,93,94)(H,95,96)/b14-10-,25-21-,26-22-,36-33-,37-34-,42-40-,43-41-,44-35-. The van der Waals surface area contributed by atoms with Gasteiger partial charge in [0.15, 0.2) is 12.2 Å². The van der Waals surface area contributed by atoms with Crippen LogP contribution in [0.1, 0.15) is 374 Å². The number of unbranched alkanes of at least 4 members (excludes halogenated alkanes) is 38. The minimum atomic E-state index is -4.98. The first-order valence-electron chi connectivity index (χ1n) is 42.5. The summed E-state index contributed by atoms with van der Waals surface area (Å²) in [4.78, 5) is 73.2. The molecule has 19 heteroatoms. The zero-order chi connectivity index (χ0) is 77.4. The lowest BCUT2D eigenvalue weighted by molar-refractivity contribution is -0.161. The van der Waals surface area contributed by atoms with Crippen LogP contribution in [0.25, 0.3) is 0 Å². The van der Waals surface area contributed by atoms with Gasteiger partial charge in [0, 0.05) is 25.7 Å². The molecule has 0 aliphatic heterocycles. The van der Waals surface area contributed by atoms with E-state index < -0.39 is 97.5 Å². The summed E-state index contributed by atoms with van der Waals surface area (Å²) in [5.74, 6) is -2.19. The SMILES string of the molecule is CC/C=C\C/C=C\C/C=C\C/C=C\CCCCCCCCC(=O)OCC(COP(=O)(O)OCC(O)COP(=O)(O)OCC(COC(=O)CCCCCCCC/C=C\C/C=C\C/C=C\CCCCC)OC(=O)CCCCCCCCCCCCCCC)OC(=O)CCCCCCC/C=C\CCCCCCCC. The molecular weight excluding hydrogens is 1380 g/mol. The number of carbonyl (C=O) groups excluding carboxylic acids is 4. The lowest BCUT2D eigenvalue weighted by Crippen LogP contribution is -2.30. The minimum Gasteiger partial charge on any atom is -0.462 e. The highest BCUT2D eigenvalue weighted by Gasteiger charge is 2.30. The number of allylic oxidation sites excluding steroid dienone is 16.